The minimum atomic E-state index is -0.251. The molecule has 2 heterocycles. The molecule has 3 atom stereocenters. The normalized spacial score (nSPS) is 21.4. The van der Waals surface area contributed by atoms with Crippen molar-refractivity contribution in [3.63, 3.8) is 0 Å². The molecule has 2 rings (SSSR count). The monoisotopic (exact) mass is 322 g/mol. The van der Waals surface area contributed by atoms with Gasteiger partial charge in [0.15, 0.2) is 0 Å². The van der Waals surface area contributed by atoms with E-state index in [1.54, 1.807) is 10.9 Å². The van der Waals surface area contributed by atoms with Gasteiger partial charge in [-0.05, 0) is 39.2 Å². The van der Waals surface area contributed by atoms with Gasteiger partial charge in [-0.3, -0.25) is 9.48 Å². The van der Waals surface area contributed by atoms with Crippen molar-refractivity contribution in [1.82, 2.24) is 14.7 Å². The lowest BCUT2D eigenvalue weighted by atomic mass is 9.96. The zero-order chi connectivity index (χ0) is 13.1. The fourth-order valence-electron chi connectivity index (χ4n) is 2.64. The molecule has 1 aliphatic heterocycles. The first kappa shape index (κ1) is 19.2. The number of hydrogen-bond acceptors (Lipinski definition) is 3. The lowest BCUT2D eigenvalue weighted by Crippen LogP contribution is -2.53. The van der Waals surface area contributed by atoms with Crippen molar-refractivity contribution >= 4 is 30.7 Å². The molecule has 0 spiro atoms. The molecule has 0 aliphatic carbocycles. The average molecular weight is 323 g/mol. The first-order valence-electron chi connectivity index (χ1n) is 6.66. The minimum absolute atomic E-state index is 0. The van der Waals surface area contributed by atoms with Crippen LogP contribution in [0.1, 0.15) is 39.2 Å². The van der Waals surface area contributed by atoms with Gasteiger partial charge in [0.25, 0.3) is 0 Å². The van der Waals surface area contributed by atoms with E-state index in [-0.39, 0.29) is 48.8 Å². The van der Waals surface area contributed by atoms with Gasteiger partial charge < -0.3 is 10.6 Å². The molecule has 0 aromatic carbocycles. The van der Waals surface area contributed by atoms with Gasteiger partial charge in [-0.2, -0.15) is 5.10 Å². The Balaban J connectivity index is 0.00000180. The summed E-state index contributed by atoms with van der Waals surface area (Å²) >= 11 is 0. The van der Waals surface area contributed by atoms with Gasteiger partial charge in [0, 0.05) is 31.0 Å². The lowest BCUT2D eigenvalue weighted by molar-refractivity contribution is -0.138. The highest BCUT2D eigenvalue weighted by Gasteiger charge is 2.32. The maximum atomic E-state index is 12.5. The lowest BCUT2D eigenvalue weighted by Gasteiger charge is -2.39. The highest BCUT2D eigenvalue weighted by atomic mass is 35.5. The minimum Gasteiger partial charge on any atom is -0.336 e. The molecule has 0 radical (unpaired) electrons. The fraction of sp³-hybridized carbons (Fsp3) is 0.692. The van der Waals surface area contributed by atoms with Crippen molar-refractivity contribution in [1.29, 1.82) is 0 Å². The second-order valence-electron chi connectivity index (χ2n) is 5.12. The predicted molar refractivity (Wildman–Crippen MR) is 84.4 cm³/mol. The number of nitrogens with two attached hydrogens (primary N) is 1. The van der Waals surface area contributed by atoms with Crippen LogP contribution in [0.25, 0.3) is 0 Å². The molecule has 1 aromatic heterocycles. The van der Waals surface area contributed by atoms with Gasteiger partial charge in [0.05, 0.1) is 0 Å². The van der Waals surface area contributed by atoms with E-state index in [9.17, 15) is 4.79 Å². The second kappa shape index (κ2) is 8.49. The van der Waals surface area contributed by atoms with Crippen LogP contribution in [-0.2, 0) is 4.79 Å². The third-order valence-electron chi connectivity index (χ3n) is 3.72. The molecule has 0 bridgehead atoms. The highest BCUT2D eigenvalue weighted by molar-refractivity contribution is 5.85. The van der Waals surface area contributed by atoms with Gasteiger partial charge in [0.2, 0.25) is 5.91 Å². The summed E-state index contributed by atoms with van der Waals surface area (Å²) in [6.07, 6.45) is 6.76. The van der Waals surface area contributed by atoms with E-state index >= 15 is 0 Å². The molecule has 1 saturated heterocycles. The number of halogens is 2. The van der Waals surface area contributed by atoms with E-state index in [2.05, 4.69) is 5.10 Å². The van der Waals surface area contributed by atoms with Crippen LogP contribution >= 0.6 is 24.8 Å². The van der Waals surface area contributed by atoms with Crippen LogP contribution in [-0.4, -0.2) is 39.2 Å². The number of piperidine rings is 1. The molecule has 2 N–H and O–H groups in total. The molecule has 20 heavy (non-hydrogen) atoms. The number of amides is 1. The zero-order valence-corrected chi connectivity index (χ0v) is 13.6. The number of carbonyl (C=O) groups excluding carboxylic acids is 1. The molecule has 116 valence electrons. The maximum absolute atomic E-state index is 12.5. The van der Waals surface area contributed by atoms with Gasteiger partial charge in [0.1, 0.15) is 6.04 Å². The summed E-state index contributed by atoms with van der Waals surface area (Å²) in [5.41, 5.74) is 6.00. The first-order valence-corrected chi connectivity index (χ1v) is 6.66. The summed E-state index contributed by atoms with van der Waals surface area (Å²) in [6, 6.07) is 1.78. The molecule has 1 aliphatic rings. The number of aromatic nitrogens is 2. The third kappa shape index (κ3) is 4.11. The summed E-state index contributed by atoms with van der Waals surface area (Å²) in [6.45, 7) is 4.69. The van der Waals surface area contributed by atoms with Crippen molar-refractivity contribution in [2.75, 3.05) is 6.54 Å². The molecule has 7 heteroatoms. The standard InChI is InChI=1S/C13H22N4O.2ClH/c1-10(14)12-6-3-4-8-16(12)13(18)11(2)17-9-5-7-15-17;;/h5,7,9-12H,3-4,6,8,14H2,1-2H3;2*1H. The van der Waals surface area contributed by atoms with Gasteiger partial charge in [-0.1, -0.05) is 0 Å². The molecule has 1 aromatic rings. The summed E-state index contributed by atoms with van der Waals surface area (Å²) in [5.74, 6) is 0.126. The largest absolute Gasteiger partial charge is 0.336 e. The van der Waals surface area contributed by atoms with E-state index in [0.717, 1.165) is 25.8 Å². The van der Waals surface area contributed by atoms with E-state index in [1.165, 1.54) is 0 Å². The van der Waals surface area contributed by atoms with Gasteiger partial charge >= 0.3 is 0 Å². The molecular formula is C13H24Cl2N4O. The SMILES string of the molecule is CC(N)C1CCCCN1C(=O)C(C)n1cccn1.Cl.Cl. The number of nitrogens with zero attached hydrogens (tertiary/aromatic N) is 3. The third-order valence-corrected chi connectivity index (χ3v) is 3.72. The van der Waals surface area contributed by atoms with E-state index in [0.29, 0.717) is 0 Å². The number of rotatable bonds is 3. The summed E-state index contributed by atoms with van der Waals surface area (Å²) in [5, 5.41) is 4.14. The number of hydrogen-bond donors (Lipinski definition) is 1. The zero-order valence-electron chi connectivity index (χ0n) is 11.9. The van der Waals surface area contributed by atoms with Crippen molar-refractivity contribution in [3.8, 4) is 0 Å². The molecule has 3 unspecified atom stereocenters. The molecule has 0 saturated carbocycles. The first-order chi connectivity index (χ1) is 8.61. The maximum Gasteiger partial charge on any atom is 0.247 e. The van der Waals surface area contributed by atoms with Gasteiger partial charge in [-0.25, -0.2) is 0 Å². The predicted octanol–water partition coefficient (Wildman–Crippen LogP) is 2.02. The molecule has 1 fully saturated rings. The summed E-state index contributed by atoms with van der Waals surface area (Å²) in [4.78, 5) is 14.5. The van der Waals surface area contributed by atoms with Gasteiger partial charge in [-0.15, -0.1) is 24.8 Å². The quantitative estimate of drug-likeness (QED) is 0.925. The van der Waals surface area contributed by atoms with Crippen molar-refractivity contribution < 1.29 is 4.79 Å². The Morgan fingerprint density at radius 2 is 2.05 bits per heavy atom. The summed E-state index contributed by atoms with van der Waals surface area (Å²) < 4.78 is 1.70. The van der Waals surface area contributed by atoms with Crippen molar-refractivity contribution in [2.45, 2.75) is 51.2 Å². The van der Waals surface area contributed by atoms with Crippen LogP contribution in [0.3, 0.4) is 0 Å². The Kier molecular flexibility index (Phi) is 8.16. The molecular weight excluding hydrogens is 299 g/mol. The van der Waals surface area contributed by atoms with Crippen molar-refractivity contribution in [2.24, 2.45) is 5.73 Å². The van der Waals surface area contributed by atoms with Crippen LogP contribution < -0.4 is 5.73 Å². The number of likely N-dealkylation sites (tertiary alicyclic amines) is 1. The van der Waals surface area contributed by atoms with E-state index in [4.69, 9.17) is 5.73 Å². The molecule has 1 amide bonds. The Hall–Kier alpha value is -0.780. The smallest absolute Gasteiger partial charge is 0.247 e. The second-order valence-corrected chi connectivity index (χ2v) is 5.12. The van der Waals surface area contributed by atoms with Crippen LogP contribution in [0.15, 0.2) is 18.5 Å². The molecule has 5 nitrogen and oxygen atoms in total. The number of carbonyl (C=O) groups is 1. The Morgan fingerprint density at radius 1 is 1.35 bits per heavy atom. The average Bonchev–Trinajstić information content (AvgIpc) is 2.90. The highest BCUT2D eigenvalue weighted by Crippen LogP contribution is 2.22. The Bertz CT molecular complexity index is 397. The fourth-order valence-corrected chi connectivity index (χ4v) is 2.64. The van der Waals surface area contributed by atoms with E-state index < -0.39 is 0 Å². The van der Waals surface area contributed by atoms with Crippen LogP contribution in [0, 0.1) is 0 Å². The summed E-state index contributed by atoms with van der Waals surface area (Å²) in [7, 11) is 0. The van der Waals surface area contributed by atoms with Crippen molar-refractivity contribution in [3.05, 3.63) is 18.5 Å². The Labute approximate surface area is 132 Å². The van der Waals surface area contributed by atoms with Crippen LogP contribution in [0.5, 0.6) is 0 Å². The van der Waals surface area contributed by atoms with Crippen LogP contribution in [0.4, 0.5) is 0 Å². The Morgan fingerprint density at radius 3 is 2.60 bits per heavy atom. The van der Waals surface area contributed by atoms with E-state index in [1.807, 2.05) is 31.0 Å². The topological polar surface area (TPSA) is 64.2 Å². The van der Waals surface area contributed by atoms with Crippen LogP contribution in [0.2, 0.25) is 0 Å².